The highest BCUT2D eigenvalue weighted by Gasteiger charge is 2.15. The van der Waals surface area contributed by atoms with Crippen LogP contribution in [-0.4, -0.2) is 35.1 Å². The summed E-state index contributed by atoms with van der Waals surface area (Å²) in [6.45, 7) is 5.05. The highest BCUT2D eigenvalue weighted by molar-refractivity contribution is 4.79. The lowest BCUT2D eigenvalue weighted by Gasteiger charge is -2.26. The number of hydrogen-bond donors (Lipinski definition) is 1. The van der Waals surface area contributed by atoms with Gasteiger partial charge in [0.15, 0.2) is 0 Å². The Kier molecular flexibility index (Phi) is 4.36. The van der Waals surface area contributed by atoms with Crippen LogP contribution in [0.4, 0.5) is 0 Å². The van der Waals surface area contributed by atoms with Gasteiger partial charge in [0.2, 0.25) is 0 Å². The third-order valence-electron chi connectivity index (χ3n) is 3.09. The first-order chi connectivity index (χ1) is 7.84. The van der Waals surface area contributed by atoms with Crippen LogP contribution in [-0.2, 0) is 11.3 Å². The van der Waals surface area contributed by atoms with Crippen LogP contribution >= 0.6 is 0 Å². The zero-order chi connectivity index (χ0) is 11.2. The summed E-state index contributed by atoms with van der Waals surface area (Å²) in [7, 11) is 0. The van der Waals surface area contributed by atoms with Crippen molar-refractivity contribution in [2.75, 3.05) is 13.2 Å². The van der Waals surface area contributed by atoms with Gasteiger partial charge in [-0.3, -0.25) is 4.68 Å². The average Bonchev–Trinajstić information content (AvgIpc) is 2.81. The summed E-state index contributed by atoms with van der Waals surface area (Å²) in [6.07, 6.45) is 7.26. The molecule has 0 aliphatic carbocycles. The Hall–Kier alpha value is -0.870. The number of nitrogens with one attached hydrogen (secondary N) is 1. The molecule has 0 spiro atoms. The molecular formula is C12H21N3O. The molecule has 0 saturated carbocycles. The molecular weight excluding hydrogens is 202 g/mol. The van der Waals surface area contributed by atoms with E-state index in [1.807, 2.05) is 23.1 Å². The van der Waals surface area contributed by atoms with Gasteiger partial charge in [0, 0.05) is 44.2 Å². The SMILES string of the molecule is CC(CCn1cccn1)NC1CCOCC1. The van der Waals surface area contributed by atoms with E-state index >= 15 is 0 Å². The topological polar surface area (TPSA) is 39.1 Å². The zero-order valence-electron chi connectivity index (χ0n) is 9.93. The summed E-state index contributed by atoms with van der Waals surface area (Å²) in [5, 5.41) is 7.86. The fourth-order valence-electron chi connectivity index (χ4n) is 2.11. The van der Waals surface area contributed by atoms with E-state index < -0.39 is 0 Å². The van der Waals surface area contributed by atoms with Gasteiger partial charge in [-0.05, 0) is 32.3 Å². The van der Waals surface area contributed by atoms with E-state index in [0.717, 1.165) is 39.0 Å². The summed E-state index contributed by atoms with van der Waals surface area (Å²) < 4.78 is 7.33. The standard InChI is InChI=1S/C12H21N3O/c1-11(3-8-15-7-2-6-13-15)14-12-4-9-16-10-5-12/h2,6-7,11-12,14H,3-5,8-10H2,1H3. The second kappa shape index (κ2) is 6.01. The van der Waals surface area contributed by atoms with Gasteiger partial charge in [-0.2, -0.15) is 5.10 Å². The van der Waals surface area contributed by atoms with Crippen molar-refractivity contribution in [1.29, 1.82) is 0 Å². The number of hydrogen-bond acceptors (Lipinski definition) is 3. The third kappa shape index (κ3) is 3.61. The van der Waals surface area contributed by atoms with E-state index in [-0.39, 0.29) is 0 Å². The normalized spacial score (nSPS) is 19.8. The molecule has 90 valence electrons. The first-order valence-electron chi connectivity index (χ1n) is 6.16. The Bertz CT molecular complexity index is 280. The minimum Gasteiger partial charge on any atom is -0.381 e. The zero-order valence-corrected chi connectivity index (χ0v) is 9.93. The lowest BCUT2D eigenvalue weighted by molar-refractivity contribution is 0.0750. The van der Waals surface area contributed by atoms with Gasteiger partial charge in [0.25, 0.3) is 0 Å². The summed E-state index contributed by atoms with van der Waals surface area (Å²) in [5.41, 5.74) is 0. The molecule has 1 unspecified atom stereocenters. The van der Waals surface area contributed by atoms with Crippen molar-refractivity contribution in [3.63, 3.8) is 0 Å². The molecule has 0 bridgehead atoms. The smallest absolute Gasteiger partial charge is 0.0489 e. The maximum atomic E-state index is 5.35. The van der Waals surface area contributed by atoms with Gasteiger partial charge in [-0.1, -0.05) is 0 Å². The molecule has 16 heavy (non-hydrogen) atoms. The fourth-order valence-corrected chi connectivity index (χ4v) is 2.11. The maximum Gasteiger partial charge on any atom is 0.0489 e. The number of aryl methyl sites for hydroxylation is 1. The molecule has 1 fully saturated rings. The van der Waals surface area contributed by atoms with Gasteiger partial charge in [0.05, 0.1) is 0 Å². The predicted octanol–water partition coefficient (Wildman–Crippen LogP) is 1.43. The Morgan fingerprint density at radius 1 is 1.50 bits per heavy atom. The molecule has 1 aromatic heterocycles. The fraction of sp³-hybridized carbons (Fsp3) is 0.750. The Labute approximate surface area is 97.0 Å². The molecule has 1 N–H and O–H groups in total. The quantitative estimate of drug-likeness (QED) is 0.820. The van der Waals surface area contributed by atoms with Crippen LogP contribution in [0, 0.1) is 0 Å². The third-order valence-corrected chi connectivity index (χ3v) is 3.09. The average molecular weight is 223 g/mol. The van der Waals surface area contributed by atoms with Crippen molar-refractivity contribution < 1.29 is 4.74 Å². The van der Waals surface area contributed by atoms with E-state index in [1.165, 1.54) is 0 Å². The molecule has 4 nitrogen and oxygen atoms in total. The molecule has 0 amide bonds. The van der Waals surface area contributed by atoms with Crippen LogP contribution in [0.5, 0.6) is 0 Å². The van der Waals surface area contributed by atoms with Crippen molar-refractivity contribution in [2.24, 2.45) is 0 Å². The Balaban J connectivity index is 1.65. The highest BCUT2D eigenvalue weighted by atomic mass is 16.5. The Morgan fingerprint density at radius 2 is 2.31 bits per heavy atom. The van der Waals surface area contributed by atoms with Crippen LogP contribution in [0.2, 0.25) is 0 Å². The second-order valence-electron chi connectivity index (χ2n) is 4.51. The molecule has 1 aliphatic rings. The van der Waals surface area contributed by atoms with Crippen molar-refractivity contribution in [3.8, 4) is 0 Å². The molecule has 0 radical (unpaired) electrons. The highest BCUT2D eigenvalue weighted by Crippen LogP contribution is 2.08. The molecule has 0 aromatic carbocycles. The predicted molar refractivity (Wildman–Crippen MR) is 63.3 cm³/mol. The summed E-state index contributed by atoms with van der Waals surface area (Å²) >= 11 is 0. The van der Waals surface area contributed by atoms with E-state index in [4.69, 9.17) is 4.74 Å². The molecule has 2 rings (SSSR count). The molecule has 4 heteroatoms. The van der Waals surface area contributed by atoms with Crippen LogP contribution in [0.1, 0.15) is 26.2 Å². The van der Waals surface area contributed by atoms with Crippen molar-refractivity contribution in [1.82, 2.24) is 15.1 Å². The van der Waals surface area contributed by atoms with E-state index in [1.54, 1.807) is 0 Å². The lowest BCUT2D eigenvalue weighted by Crippen LogP contribution is -2.40. The summed E-state index contributed by atoms with van der Waals surface area (Å²) in [6, 6.07) is 3.16. The number of ether oxygens (including phenoxy) is 1. The minimum absolute atomic E-state index is 0.548. The minimum atomic E-state index is 0.548. The summed E-state index contributed by atoms with van der Waals surface area (Å²) in [4.78, 5) is 0. The van der Waals surface area contributed by atoms with Crippen LogP contribution < -0.4 is 5.32 Å². The largest absolute Gasteiger partial charge is 0.381 e. The van der Waals surface area contributed by atoms with Gasteiger partial charge >= 0.3 is 0 Å². The number of nitrogens with zero attached hydrogens (tertiary/aromatic N) is 2. The van der Waals surface area contributed by atoms with Gasteiger partial charge in [-0.15, -0.1) is 0 Å². The molecule has 1 aromatic rings. The van der Waals surface area contributed by atoms with Gasteiger partial charge in [0.1, 0.15) is 0 Å². The molecule has 1 saturated heterocycles. The van der Waals surface area contributed by atoms with Crippen LogP contribution in [0.3, 0.4) is 0 Å². The first-order valence-corrected chi connectivity index (χ1v) is 6.16. The van der Waals surface area contributed by atoms with E-state index in [9.17, 15) is 0 Å². The summed E-state index contributed by atoms with van der Waals surface area (Å²) in [5.74, 6) is 0. The molecule has 1 atom stereocenters. The van der Waals surface area contributed by atoms with Crippen molar-refractivity contribution >= 4 is 0 Å². The second-order valence-corrected chi connectivity index (χ2v) is 4.51. The van der Waals surface area contributed by atoms with Crippen LogP contribution in [0.15, 0.2) is 18.5 Å². The molecule has 1 aliphatic heterocycles. The molecule has 2 heterocycles. The number of rotatable bonds is 5. The van der Waals surface area contributed by atoms with Gasteiger partial charge < -0.3 is 10.1 Å². The maximum absolute atomic E-state index is 5.35. The van der Waals surface area contributed by atoms with E-state index in [2.05, 4.69) is 17.3 Å². The lowest BCUT2D eigenvalue weighted by atomic mass is 10.1. The van der Waals surface area contributed by atoms with Crippen LogP contribution in [0.25, 0.3) is 0 Å². The number of aromatic nitrogens is 2. The first kappa shape index (κ1) is 11.6. The Morgan fingerprint density at radius 3 is 3.00 bits per heavy atom. The van der Waals surface area contributed by atoms with Crippen molar-refractivity contribution in [3.05, 3.63) is 18.5 Å². The van der Waals surface area contributed by atoms with Gasteiger partial charge in [-0.25, -0.2) is 0 Å². The van der Waals surface area contributed by atoms with Crippen molar-refractivity contribution in [2.45, 2.75) is 44.8 Å². The van der Waals surface area contributed by atoms with E-state index in [0.29, 0.717) is 12.1 Å². The monoisotopic (exact) mass is 223 g/mol.